The van der Waals surface area contributed by atoms with E-state index >= 15 is 0 Å². The lowest BCUT2D eigenvalue weighted by Gasteiger charge is -2.17. The molecule has 126 valence electrons. The van der Waals surface area contributed by atoms with Crippen LogP contribution in [0.1, 0.15) is 36.2 Å². The zero-order chi connectivity index (χ0) is 17.6. The molecule has 0 aliphatic rings. The fourth-order valence-electron chi connectivity index (χ4n) is 1.87. The van der Waals surface area contributed by atoms with E-state index in [1.54, 1.807) is 19.9 Å². The van der Waals surface area contributed by atoms with Gasteiger partial charge in [-0.05, 0) is 32.4 Å². The van der Waals surface area contributed by atoms with E-state index in [1.165, 1.54) is 12.1 Å². The standard InChI is InChI=1S/C16H18F3NO3/c1-10(2)8-9-13(15(22)23-3)20-14(21)11-6-4-5-7-12(11)16(17,18)19/h4-8,13H,9H2,1-3H3,(H,20,21)/t13-/m1/s1. The van der Waals surface area contributed by atoms with Crippen molar-refractivity contribution in [2.24, 2.45) is 0 Å². The first-order chi connectivity index (χ1) is 10.7. The van der Waals surface area contributed by atoms with Crippen molar-refractivity contribution in [1.82, 2.24) is 5.32 Å². The summed E-state index contributed by atoms with van der Waals surface area (Å²) in [6.45, 7) is 3.60. The summed E-state index contributed by atoms with van der Waals surface area (Å²) in [7, 11) is 1.15. The molecule has 0 bridgehead atoms. The van der Waals surface area contributed by atoms with E-state index in [4.69, 9.17) is 0 Å². The van der Waals surface area contributed by atoms with E-state index in [1.807, 2.05) is 0 Å². The molecule has 1 aromatic carbocycles. The smallest absolute Gasteiger partial charge is 0.417 e. The normalized spacial score (nSPS) is 12.3. The third-order valence-corrected chi connectivity index (χ3v) is 3.03. The van der Waals surface area contributed by atoms with Crippen molar-refractivity contribution in [1.29, 1.82) is 0 Å². The number of ether oxygens (including phenoxy) is 1. The highest BCUT2D eigenvalue weighted by atomic mass is 19.4. The highest BCUT2D eigenvalue weighted by molar-refractivity contribution is 5.98. The number of amides is 1. The second-order valence-electron chi connectivity index (χ2n) is 5.11. The third kappa shape index (κ3) is 5.43. The first kappa shape index (κ1) is 18.7. The molecule has 0 aromatic heterocycles. The Morgan fingerprint density at radius 2 is 1.87 bits per heavy atom. The number of benzene rings is 1. The minimum Gasteiger partial charge on any atom is -0.467 e. The molecule has 1 rings (SSSR count). The fourth-order valence-corrected chi connectivity index (χ4v) is 1.87. The molecule has 0 aliphatic heterocycles. The van der Waals surface area contributed by atoms with E-state index < -0.39 is 35.2 Å². The minimum absolute atomic E-state index is 0.134. The summed E-state index contributed by atoms with van der Waals surface area (Å²) in [5.41, 5.74) is -0.682. The molecule has 0 unspecified atom stereocenters. The average molecular weight is 329 g/mol. The van der Waals surface area contributed by atoms with Crippen molar-refractivity contribution in [3.8, 4) is 0 Å². The van der Waals surface area contributed by atoms with Crippen LogP contribution in [0.2, 0.25) is 0 Å². The van der Waals surface area contributed by atoms with Crippen LogP contribution in [0.4, 0.5) is 13.2 Å². The molecule has 1 N–H and O–H groups in total. The van der Waals surface area contributed by atoms with Crippen LogP contribution >= 0.6 is 0 Å². The Kier molecular flexibility index (Phi) is 6.36. The molecule has 23 heavy (non-hydrogen) atoms. The highest BCUT2D eigenvalue weighted by Gasteiger charge is 2.35. The number of halogens is 3. The van der Waals surface area contributed by atoms with E-state index in [2.05, 4.69) is 10.1 Å². The Morgan fingerprint density at radius 1 is 1.26 bits per heavy atom. The summed E-state index contributed by atoms with van der Waals surface area (Å²) in [4.78, 5) is 23.8. The van der Waals surface area contributed by atoms with Gasteiger partial charge in [-0.3, -0.25) is 4.79 Å². The van der Waals surface area contributed by atoms with Gasteiger partial charge >= 0.3 is 12.1 Å². The molecule has 0 saturated carbocycles. The lowest BCUT2D eigenvalue weighted by atomic mass is 10.1. The third-order valence-electron chi connectivity index (χ3n) is 3.03. The molecule has 0 radical (unpaired) electrons. The Balaban J connectivity index is 3.04. The highest BCUT2D eigenvalue weighted by Crippen LogP contribution is 2.31. The van der Waals surface area contributed by atoms with Gasteiger partial charge in [-0.25, -0.2) is 4.79 Å². The molecular formula is C16H18F3NO3. The van der Waals surface area contributed by atoms with Gasteiger partial charge in [0.15, 0.2) is 0 Å². The average Bonchev–Trinajstić information content (AvgIpc) is 2.49. The fraction of sp³-hybridized carbons (Fsp3) is 0.375. The van der Waals surface area contributed by atoms with Crippen molar-refractivity contribution >= 4 is 11.9 Å². The lowest BCUT2D eigenvalue weighted by Crippen LogP contribution is -2.41. The monoisotopic (exact) mass is 329 g/mol. The molecular weight excluding hydrogens is 311 g/mol. The quantitative estimate of drug-likeness (QED) is 0.666. The van der Waals surface area contributed by atoms with Crippen LogP contribution in [0.15, 0.2) is 35.9 Å². The number of hydrogen-bond acceptors (Lipinski definition) is 3. The van der Waals surface area contributed by atoms with Crippen molar-refractivity contribution in [2.75, 3.05) is 7.11 Å². The summed E-state index contributed by atoms with van der Waals surface area (Å²) in [6.07, 6.45) is -2.83. The number of hydrogen-bond donors (Lipinski definition) is 1. The van der Waals surface area contributed by atoms with Gasteiger partial charge in [0.2, 0.25) is 0 Å². The van der Waals surface area contributed by atoms with Gasteiger partial charge < -0.3 is 10.1 Å². The number of alkyl halides is 3. The maximum atomic E-state index is 12.9. The van der Waals surface area contributed by atoms with Crippen LogP contribution in [-0.4, -0.2) is 25.0 Å². The van der Waals surface area contributed by atoms with Crippen LogP contribution in [0.5, 0.6) is 0 Å². The van der Waals surface area contributed by atoms with Crippen molar-refractivity contribution in [3.63, 3.8) is 0 Å². The predicted molar refractivity (Wildman–Crippen MR) is 78.8 cm³/mol. The molecule has 0 aliphatic carbocycles. The summed E-state index contributed by atoms with van der Waals surface area (Å²) >= 11 is 0. The first-order valence-corrected chi connectivity index (χ1v) is 6.85. The number of methoxy groups -OCH3 is 1. The number of nitrogens with one attached hydrogen (secondary N) is 1. The van der Waals surface area contributed by atoms with Gasteiger partial charge in [0.1, 0.15) is 6.04 Å². The summed E-state index contributed by atoms with van der Waals surface area (Å²) < 4.78 is 43.4. The molecule has 0 spiro atoms. The summed E-state index contributed by atoms with van der Waals surface area (Å²) in [6, 6.07) is 3.35. The van der Waals surface area contributed by atoms with Crippen LogP contribution in [-0.2, 0) is 15.7 Å². The molecule has 1 amide bonds. The zero-order valence-electron chi connectivity index (χ0n) is 13.0. The summed E-state index contributed by atoms with van der Waals surface area (Å²) in [5.74, 6) is -1.70. The van der Waals surface area contributed by atoms with Crippen LogP contribution in [0, 0.1) is 0 Å². The number of allylic oxidation sites excluding steroid dienone is 1. The molecule has 0 saturated heterocycles. The zero-order valence-corrected chi connectivity index (χ0v) is 13.0. The Hall–Kier alpha value is -2.31. The van der Waals surface area contributed by atoms with Crippen molar-refractivity contribution in [3.05, 3.63) is 47.0 Å². The molecule has 7 heteroatoms. The Bertz CT molecular complexity index is 605. The van der Waals surface area contributed by atoms with E-state index in [-0.39, 0.29) is 6.42 Å². The van der Waals surface area contributed by atoms with E-state index in [9.17, 15) is 22.8 Å². The molecule has 0 heterocycles. The number of carbonyl (C=O) groups excluding carboxylic acids is 2. The Labute approximate surface area is 132 Å². The second kappa shape index (κ2) is 7.80. The lowest BCUT2D eigenvalue weighted by molar-refractivity contribution is -0.142. The van der Waals surface area contributed by atoms with Gasteiger partial charge in [-0.1, -0.05) is 23.8 Å². The SMILES string of the molecule is COC(=O)[C@@H](CC=C(C)C)NC(=O)c1ccccc1C(F)(F)F. The molecule has 1 atom stereocenters. The van der Waals surface area contributed by atoms with Crippen molar-refractivity contribution < 1.29 is 27.5 Å². The molecule has 1 aromatic rings. The second-order valence-corrected chi connectivity index (χ2v) is 5.11. The van der Waals surface area contributed by atoms with Crippen molar-refractivity contribution in [2.45, 2.75) is 32.5 Å². The van der Waals surface area contributed by atoms with Gasteiger partial charge in [-0.15, -0.1) is 0 Å². The molecule has 4 nitrogen and oxygen atoms in total. The minimum atomic E-state index is -4.66. The predicted octanol–water partition coefficient (Wildman–Crippen LogP) is 3.33. The van der Waals surface area contributed by atoms with Gasteiger partial charge in [0, 0.05) is 0 Å². The maximum Gasteiger partial charge on any atom is 0.417 e. The van der Waals surface area contributed by atoms with Crippen LogP contribution in [0.3, 0.4) is 0 Å². The van der Waals surface area contributed by atoms with E-state index in [0.29, 0.717) is 0 Å². The Morgan fingerprint density at radius 3 is 2.39 bits per heavy atom. The van der Waals surface area contributed by atoms with Gasteiger partial charge in [-0.2, -0.15) is 13.2 Å². The maximum absolute atomic E-state index is 12.9. The number of rotatable bonds is 5. The summed E-state index contributed by atoms with van der Waals surface area (Å²) in [5, 5.41) is 2.29. The number of esters is 1. The molecule has 0 fully saturated rings. The van der Waals surface area contributed by atoms with Crippen LogP contribution in [0.25, 0.3) is 0 Å². The van der Waals surface area contributed by atoms with E-state index in [0.717, 1.165) is 24.8 Å². The number of carbonyl (C=O) groups is 2. The van der Waals surface area contributed by atoms with Gasteiger partial charge in [0.05, 0.1) is 18.2 Å². The topological polar surface area (TPSA) is 55.4 Å². The largest absolute Gasteiger partial charge is 0.467 e. The first-order valence-electron chi connectivity index (χ1n) is 6.85. The van der Waals surface area contributed by atoms with Crippen LogP contribution < -0.4 is 5.32 Å². The van der Waals surface area contributed by atoms with Gasteiger partial charge in [0.25, 0.3) is 5.91 Å².